The van der Waals surface area contributed by atoms with E-state index in [2.05, 4.69) is 5.32 Å². The number of benzene rings is 2. The van der Waals surface area contributed by atoms with E-state index in [4.69, 9.17) is 4.74 Å². The summed E-state index contributed by atoms with van der Waals surface area (Å²) in [6.45, 7) is 0.525. The summed E-state index contributed by atoms with van der Waals surface area (Å²) in [5, 5.41) is 11.9. The average Bonchev–Trinajstić information content (AvgIpc) is 3.06. The number of carbonyl (C=O) groups is 2. The summed E-state index contributed by atoms with van der Waals surface area (Å²) in [5.41, 5.74) is 0.825. The van der Waals surface area contributed by atoms with Crippen LogP contribution in [-0.2, 0) is 28.6 Å². The van der Waals surface area contributed by atoms with Crippen molar-refractivity contribution >= 4 is 11.9 Å². The number of halogens is 3. The standard InChI is InChI=1S/C19H16F3NO4/c20-19(21,22)14-4-1-11(2-5-14)9-16(24)23-17(18(25)26)13-3-6-15-12(10-13)7-8-27-15/h1-6,10,17H,7-9H2,(H,23,24)(H,25,26). The number of ether oxygens (including phenoxy) is 1. The molecule has 0 fully saturated rings. The molecule has 142 valence electrons. The third-order valence-electron chi connectivity index (χ3n) is 4.25. The molecule has 3 rings (SSSR count). The predicted octanol–water partition coefficient (Wildman–Crippen LogP) is 3.12. The summed E-state index contributed by atoms with van der Waals surface area (Å²) >= 11 is 0. The monoisotopic (exact) mass is 379 g/mol. The van der Waals surface area contributed by atoms with Gasteiger partial charge in [0.2, 0.25) is 5.91 Å². The van der Waals surface area contributed by atoms with Crippen LogP contribution in [0.1, 0.15) is 28.3 Å². The minimum Gasteiger partial charge on any atom is -0.493 e. The molecular formula is C19H16F3NO4. The molecule has 0 saturated carbocycles. The smallest absolute Gasteiger partial charge is 0.416 e. The zero-order valence-electron chi connectivity index (χ0n) is 14.0. The molecule has 2 aromatic rings. The van der Waals surface area contributed by atoms with Gasteiger partial charge in [-0.2, -0.15) is 13.2 Å². The molecule has 1 aliphatic rings. The lowest BCUT2D eigenvalue weighted by molar-refractivity contribution is -0.142. The molecule has 1 aliphatic heterocycles. The maximum atomic E-state index is 12.6. The average molecular weight is 379 g/mol. The molecule has 27 heavy (non-hydrogen) atoms. The number of carboxylic acid groups (broad SMARTS) is 1. The molecule has 0 aliphatic carbocycles. The minimum atomic E-state index is -4.45. The molecule has 0 radical (unpaired) electrons. The maximum Gasteiger partial charge on any atom is 0.416 e. The van der Waals surface area contributed by atoms with Crippen molar-refractivity contribution in [3.63, 3.8) is 0 Å². The summed E-state index contributed by atoms with van der Waals surface area (Å²) in [4.78, 5) is 23.8. The molecule has 2 aromatic carbocycles. The van der Waals surface area contributed by atoms with E-state index >= 15 is 0 Å². The fraction of sp³-hybridized carbons (Fsp3) is 0.263. The van der Waals surface area contributed by atoms with Crippen LogP contribution in [0.3, 0.4) is 0 Å². The van der Waals surface area contributed by atoms with Gasteiger partial charge >= 0.3 is 12.1 Å². The first-order valence-corrected chi connectivity index (χ1v) is 8.18. The van der Waals surface area contributed by atoms with Crippen LogP contribution in [0.2, 0.25) is 0 Å². The van der Waals surface area contributed by atoms with Gasteiger partial charge in [0, 0.05) is 6.42 Å². The van der Waals surface area contributed by atoms with E-state index in [1.807, 2.05) is 0 Å². The number of rotatable bonds is 5. The van der Waals surface area contributed by atoms with Gasteiger partial charge in [-0.3, -0.25) is 4.79 Å². The topological polar surface area (TPSA) is 75.6 Å². The molecule has 2 N–H and O–H groups in total. The van der Waals surface area contributed by atoms with E-state index in [-0.39, 0.29) is 6.42 Å². The van der Waals surface area contributed by atoms with E-state index in [0.717, 1.165) is 17.7 Å². The van der Waals surface area contributed by atoms with Gasteiger partial charge in [-0.25, -0.2) is 4.79 Å². The van der Waals surface area contributed by atoms with Gasteiger partial charge in [0.15, 0.2) is 6.04 Å². The second kappa shape index (κ2) is 7.30. The highest BCUT2D eigenvalue weighted by atomic mass is 19.4. The van der Waals surface area contributed by atoms with E-state index in [0.29, 0.717) is 29.9 Å². The van der Waals surface area contributed by atoms with Gasteiger partial charge in [-0.15, -0.1) is 0 Å². The Morgan fingerprint density at radius 3 is 2.48 bits per heavy atom. The highest BCUT2D eigenvalue weighted by Gasteiger charge is 2.30. The second-order valence-corrected chi connectivity index (χ2v) is 6.18. The highest BCUT2D eigenvalue weighted by molar-refractivity contribution is 5.85. The Labute approximate surface area is 152 Å². The van der Waals surface area contributed by atoms with Gasteiger partial charge < -0.3 is 15.2 Å². The molecule has 0 bridgehead atoms. The third kappa shape index (κ3) is 4.39. The van der Waals surface area contributed by atoms with Crippen molar-refractivity contribution in [2.75, 3.05) is 6.61 Å². The lowest BCUT2D eigenvalue weighted by atomic mass is 10.0. The van der Waals surface area contributed by atoms with Crippen molar-refractivity contribution in [3.05, 3.63) is 64.7 Å². The molecule has 5 nitrogen and oxygen atoms in total. The zero-order valence-corrected chi connectivity index (χ0v) is 14.0. The molecule has 1 unspecified atom stereocenters. The minimum absolute atomic E-state index is 0.226. The van der Waals surface area contributed by atoms with Crippen LogP contribution in [0.5, 0.6) is 5.75 Å². The number of carboxylic acids is 1. The number of alkyl halides is 3. The number of carbonyl (C=O) groups excluding carboxylic acids is 1. The van der Waals surface area contributed by atoms with Gasteiger partial charge in [0.1, 0.15) is 5.75 Å². The van der Waals surface area contributed by atoms with E-state index in [9.17, 15) is 27.9 Å². The van der Waals surface area contributed by atoms with Crippen molar-refractivity contribution < 1.29 is 32.6 Å². The Morgan fingerprint density at radius 1 is 1.15 bits per heavy atom. The maximum absolute atomic E-state index is 12.6. The summed E-state index contributed by atoms with van der Waals surface area (Å²) in [6.07, 6.45) is -4.02. The number of nitrogens with one attached hydrogen (secondary N) is 1. The fourth-order valence-corrected chi connectivity index (χ4v) is 2.88. The van der Waals surface area contributed by atoms with Gasteiger partial charge in [-0.1, -0.05) is 18.2 Å². The molecule has 0 saturated heterocycles. The normalized spacial score (nSPS) is 14.2. The van der Waals surface area contributed by atoms with Crippen LogP contribution in [0, 0.1) is 0 Å². The Hall–Kier alpha value is -3.03. The van der Waals surface area contributed by atoms with Crippen LogP contribution in [0.15, 0.2) is 42.5 Å². The van der Waals surface area contributed by atoms with Gasteiger partial charge in [-0.05, 0) is 41.0 Å². The van der Waals surface area contributed by atoms with Crippen molar-refractivity contribution in [2.45, 2.75) is 25.1 Å². The Morgan fingerprint density at radius 2 is 1.85 bits per heavy atom. The van der Waals surface area contributed by atoms with Gasteiger partial charge in [0.05, 0.1) is 18.6 Å². The summed E-state index contributed by atoms with van der Waals surface area (Å²) in [7, 11) is 0. The first-order valence-electron chi connectivity index (χ1n) is 8.18. The number of fused-ring (bicyclic) bond motifs is 1. The Bertz CT molecular complexity index is 862. The van der Waals surface area contributed by atoms with Crippen LogP contribution in [0.4, 0.5) is 13.2 Å². The number of amides is 1. The molecule has 0 aromatic heterocycles. The van der Waals surface area contributed by atoms with Crippen molar-refractivity contribution in [3.8, 4) is 5.75 Å². The summed E-state index contributed by atoms with van der Waals surface area (Å²) in [6, 6.07) is 7.83. The largest absolute Gasteiger partial charge is 0.493 e. The lowest BCUT2D eigenvalue weighted by Crippen LogP contribution is -2.34. The van der Waals surface area contributed by atoms with Crippen molar-refractivity contribution in [2.24, 2.45) is 0 Å². The first-order chi connectivity index (χ1) is 12.7. The zero-order chi connectivity index (χ0) is 19.6. The van der Waals surface area contributed by atoms with Crippen molar-refractivity contribution in [1.82, 2.24) is 5.32 Å². The molecule has 1 heterocycles. The molecule has 0 spiro atoms. The number of aliphatic carboxylic acids is 1. The van der Waals surface area contributed by atoms with Crippen LogP contribution < -0.4 is 10.1 Å². The predicted molar refractivity (Wildman–Crippen MR) is 89.3 cm³/mol. The van der Waals surface area contributed by atoms with Gasteiger partial charge in [0.25, 0.3) is 0 Å². The van der Waals surface area contributed by atoms with Crippen molar-refractivity contribution in [1.29, 1.82) is 0 Å². The second-order valence-electron chi connectivity index (χ2n) is 6.18. The summed E-state index contributed by atoms with van der Waals surface area (Å²) in [5.74, 6) is -1.13. The fourth-order valence-electron chi connectivity index (χ4n) is 2.88. The third-order valence-corrected chi connectivity index (χ3v) is 4.25. The number of hydrogen-bond donors (Lipinski definition) is 2. The Balaban J connectivity index is 1.70. The molecular weight excluding hydrogens is 363 g/mol. The highest BCUT2D eigenvalue weighted by Crippen LogP contribution is 2.30. The van der Waals surface area contributed by atoms with Crippen LogP contribution in [0.25, 0.3) is 0 Å². The molecule has 1 atom stereocenters. The molecule has 1 amide bonds. The van der Waals surface area contributed by atoms with E-state index in [1.165, 1.54) is 12.1 Å². The molecule has 8 heteroatoms. The SMILES string of the molecule is O=C(Cc1ccc(C(F)(F)F)cc1)NC(C(=O)O)c1ccc2c(c1)CCO2. The first kappa shape index (κ1) is 18.8. The van der Waals surface area contributed by atoms with E-state index in [1.54, 1.807) is 18.2 Å². The van der Waals surface area contributed by atoms with Crippen LogP contribution >= 0.6 is 0 Å². The summed E-state index contributed by atoms with van der Waals surface area (Å²) < 4.78 is 43.1. The number of hydrogen-bond acceptors (Lipinski definition) is 3. The Kier molecular flexibility index (Phi) is 5.07. The van der Waals surface area contributed by atoms with E-state index < -0.39 is 29.7 Å². The lowest BCUT2D eigenvalue weighted by Gasteiger charge is -2.16. The quantitative estimate of drug-likeness (QED) is 0.837. The van der Waals surface area contributed by atoms with Crippen LogP contribution in [-0.4, -0.2) is 23.6 Å².